The van der Waals surface area contributed by atoms with Crippen LogP contribution in [0, 0.1) is 11.3 Å². The Hall–Kier alpha value is -3.99. The molecule has 1 N–H and O–H groups in total. The van der Waals surface area contributed by atoms with Crippen LogP contribution < -0.4 is 5.32 Å². The number of hydrogen-bond donors (Lipinski definition) is 1. The molecule has 0 bridgehead atoms. The van der Waals surface area contributed by atoms with Crippen molar-refractivity contribution in [3.63, 3.8) is 0 Å². The van der Waals surface area contributed by atoms with Gasteiger partial charge >= 0.3 is 5.97 Å². The van der Waals surface area contributed by atoms with Crippen LogP contribution in [0.3, 0.4) is 0 Å². The molecule has 0 aromatic heterocycles. The van der Waals surface area contributed by atoms with Crippen LogP contribution in [0.15, 0.2) is 48.5 Å². The third kappa shape index (κ3) is 3.73. The largest absolute Gasteiger partial charge is 0.451 e. The lowest BCUT2D eigenvalue weighted by Crippen LogP contribution is -2.38. The van der Waals surface area contributed by atoms with Crippen molar-refractivity contribution in [1.82, 2.24) is 4.90 Å². The minimum Gasteiger partial charge on any atom is -0.451 e. The monoisotopic (exact) mass is 377 g/mol. The zero-order valence-corrected chi connectivity index (χ0v) is 14.8. The maximum Gasteiger partial charge on any atom is 0.326 e. The predicted octanol–water partition coefficient (Wildman–Crippen LogP) is 1.72. The van der Waals surface area contributed by atoms with Crippen molar-refractivity contribution in [1.29, 1.82) is 5.26 Å². The number of fused-ring (bicyclic) bond motifs is 1. The molecule has 8 nitrogen and oxygen atoms in total. The van der Waals surface area contributed by atoms with E-state index < -0.39 is 36.3 Å². The second-order valence-electron chi connectivity index (χ2n) is 6.06. The molecule has 0 radical (unpaired) electrons. The Bertz CT molecular complexity index is 989. The number of ether oxygens (including phenoxy) is 1. The predicted molar refractivity (Wildman–Crippen MR) is 97.1 cm³/mol. The molecule has 0 unspecified atom stereocenters. The normalized spacial score (nSPS) is 13.5. The second-order valence-corrected chi connectivity index (χ2v) is 6.06. The number of nitrogens with one attached hydrogen (secondary N) is 1. The maximum atomic E-state index is 12.3. The minimum atomic E-state index is -1.16. The third-order valence-electron chi connectivity index (χ3n) is 4.10. The number of esters is 1. The summed E-state index contributed by atoms with van der Waals surface area (Å²) in [4.78, 5) is 49.6. The van der Waals surface area contributed by atoms with E-state index in [9.17, 15) is 19.2 Å². The van der Waals surface area contributed by atoms with E-state index in [1.807, 2.05) is 6.07 Å². The van der Waals surface area contributed by atoms with Gasteiger partial charge in [-0.05, 0) is 37.3 Å². The molecule has 2 aromatic carbocycles. The van der Waals surface area contributed by atoms with Crippen LogP contribution in [0.25, 0.3) is 0 Å². The Kier molecular flexibility index (Phi) is 5.18. The number of hydrogen-bond acceptors (Lipinski definition) is 6. The zero-order chi connectivity index (χ0) is 20.3. The topological polar surface area (TPSA) is 117 Å². The van der Waals surface area contributed by atoms with Crippen molar-refractivity contribution in [2.45, 2.75) is 13.0 Å². The number of imide groups is 1. The second kappa shape index (κ2) is 7.72. The van der Waals surface area contributed by atoms with Crippen molar-refractivity contribution in [2.24, 2.45) is 0 Å². The smallest absolute Gasteiger partial charge is 0.326 e. The lowest BCUT2D eigenvalue weighted by molar-refractivity contribution is -0.153. The summed E-state index contributed by atoms with van der Waals surface area (Å²) in [7, 11) is 0. The fourth-order valence-electron chi connectivity index (χ4n) is 2.71. The molecule has 1 aliphatic heterocycles. The van der Waals surface area contributed by atoms with E-state index >= 15 is 0 Å². The van der Waals surface area contributed by atoms with Crippen LogP contribution in [0.4, 0.5) is 5.69 Å². The highest BCUT2D eigenvalue weighted by molar-refractivity contribution is 6.22. The van der Waals surface area contributed by atoms with Gasteiger partial charge in [0.1, 0.15) is 6.54 Å². The molecule has 1 aliphatic rings. The summed E-state index contributed by atoms with van der Waals surface area (Å²) in [6.45, 7) is 0.775. The molecule has 3 amide bonds. The number of carbonyl (C=O) groups excluding carboxylic acids is 4. The van der Waals surface area contributed by atoms with Gasteiger partial charge < -0.3 is 10.1 Å². The molecule has 0 fully saturated rings. The number of amides is 3. The van der Waals surface area contributed by atoms with Gasteiger partial charge in [0.05, 0.1) is 22.8 Å². The molecule has 28 heavy (non-hydrogen) atoms. The fraction of sp³-hybridized carbons (Fsp3) is 0.150. The highest BCUT2D eigenvalue weighted by atomic mass is 16.5. The van der Waals surface area contributed by atoms with Gasteiger partial charge in [0, 0.05) is 5.69 Å². The van der Waals surface area contributed by atoms with Crippen LogP contribution in [0.2, 0.25) is 0 Å². The molecular formula is C20H15N3O5. The molecule has 1 heterocycles. The van der Waals surface area contributed by atoms with Gasteiger partial charge in [-0.1, -0.05) is 18.2 Å². The summed E-state index contributed by atoms with van der Waals surface area (Å²) in [5, 5.41) is 11.4. The fourth-order valence-corrected chi connectivity index (χ4v) is 2.71. The summed E-state index contributed by atoms with van der Waals surface area (Å²) in [6.07, 6.45) is -1.16. The van der Waals surface area contributed by atoms with Crippen LogP contribution in [0.5, 0.6) is 0 Å². The highest BCUT2D eigenvalue weighted by Gasteiger charge is 2.37. The maximum absolute atomic E-state index is 12.3. The minimum absolute atomic E-state index is 0.225. The average molecular weight is 377 g/mol. The van der Waals surface area contributed by atoms with Gasteiger partial charge in [-0.15, -0.1) is 0 Å². The van der Waals surface area contributed by atoms with E-state index in [4.69, 9.17) is 10.00 Å². The van der Waals surface area contributed by atoms with Gasteiger partial charge in [-0.3, -0.25) is 24.1 Å². The van der Waals surface area contributed by atoms with Crippen molar-refractivity contribution in [3.8, 4) is 6.07 Å². The van der Waals surface area contributed by atoms with Gasteiger partial charge in [0.25, 0.3) is 17.7 Å². The third-order valence-corrected chi connectivity index (χ3v) is 4.10. The first-order chi connectivity index (χ1) is 13.4. The summed E-state index contributed by atoms with van der Waals surface area (Å²) < 4.78 is 5.04. The van der Waals surface area contributed by atoms with E-state index in [0.717, 1.165) is 4.90 Å². The molecule has 0 saturated carbocycles. The molecule has 0 spiro atoms. The number of nitrogens with zero attached hydrogens (tertiary/aromatic N) is 2. The number of nitriles is 1. The van der Waals surface area contributed by atoms with Crippen LogP contribution in [0.1, 0.15) is 33.2 Å². The Morgan fingerprint density at radius 1 is 1.11 bits per heavy atom. The Labute approximate surface area is 160 Å². The number of rotatable bonds is 5. The quantitative estimate of drug-likeness (QED) is 0.626. The average Bonchev–Trinajstić information content (AvgIpc) is 2.93. The first-order valence-corrected chi connectivity index (χ1v) is 8.36. The summed E-state index contributed by atoms with van der Waals surface area (Å²) in [5.74, 6) is -2.65. The number of carbonyl (C=O) groups is 4. The lowest BCUT2D eigenvalue weighted by Gasteiger charge is -2.16. The van der Waals surface area contributed by atoms with Gasteiger partial charge in [0.2, 0.25) is 0 Å². The van der Waals surface area contributed by atoms with E-state index in [0.29, 0.717) is 11.3 Å². The van der Waals surface area contributed by atoms with E-state index in [1.165, 1.54) is 25.1 Å². The lowest BCUT2D eigenvalue weighted by atomic mass is 10.1. The first-order valence-electron chi connectivity index (χ1n) is 8.36. The van der Waals surface area contributed by atoms with E-state index in [2.05, 4.69) is 5.32 Å². The van der Waals surface area contributed by atoms with Crippen LogP contribution in [-0.2, 0) is 14.3 Å². The standard InChI is InChI=1S/C20H15N3O5/c1-12(18(25)22-14-6-4-5-13(9-14)10-21)28-17(24)11-23-19(26)15-7-2-3-8-16(15)20(23)27/h2-9,12H,11H2,1H3,(H,22,25)/t12-/m1/s1. The zero-order valence-electron chi connectivity index (χ0n) is 14.8. The van der Waals surface area contributed by atoms with Crippen molar-refractivity contribution >= 4 is 29.4 Å². The molecule has 1 atom stereocenters. The van der Waals surface area contributed by atoms with Crippen LogP contribution in [-0.4, -0.2) is 41.2 Å². The molecule has 8 heteroatoms. The summed E-state index contributed by atoms with van der Waals surface area (Å²) in [6, 6.07) is 14.5. The van der Waals surface area contributed by atoms with Gasteiger partial charge in [0.15, 0.2) is 6.10 Å². The van der Waals surface area contributed by atoms with Gasteiger partial charge in [-0.2, -0.15) is 5.26 Å². The van der Waals surface area contributed by atoms with E-state index in [-0.39, 0.29) is 11.1 Å². The Morgan fingerprint density at radius 3 is 2.36 bits per heavy atom. The van der Waals surface area contributed by atoms with Crippen molar-refractivity contribution < 1.29 is 23.9 Å². The molecule has 2 aromatic rings. The summed E-state index contributed by atoms with van der Waals surface area (Å²) in [5.41, 5.74) is 1.20. The molecule has 140 valence electrons. The molecule has 0 aliphatic carbocycles. The highest BCUT2D eigenvalue weighted by Crippen LogP contribution is 2.22. The Morgan fingerprint density at radius 2 is 1.75 bits per heavy atom. The molecule has 3 rings (SSSR count). The number of benzene rings is 2. The van der Waals surface area contributed by atoms with E-state index in [1.54, 1.807) is 30.3 Å². The molecule has 0 saturated heterocycles. The van der Waals surface area contributed by atoms with Crippen molar-refractivity contribution in [3.05, 3.63) is 65.2 Å². The first kappa shape index (κ1) is 18.8. The van der Waals surface area contributed by atoms with Gasteiger partial charge in [-0.25, -0.2) is 0 Å². The summed E-state index contributed by atoms with van der Waals surface area (Å²) >= 11 is 0. The SMILES string of the molecule is C[C@@H](OC(=O)CN1C(=O)c2ccccc2C1=O)C(=O)Nc1cccc(C#N)c1. The van der Waals surface area contributed by atoms with Crippen LogP contribution >= 0.6 is 0 Å². The van der Waals surface area contributed by atoms with Crippen molar-refractivity contribution in [2.75, 3.05) is 11.9 Å². The number of anilines is 1. The Balaban J connectivity index is 1.59. The molecular weight excluding hydrogens is 362 g/mol.